The van der Waals surface area contributed by atoms with Gasteiger partial charge in [-0.1, -0.05) is 6.92 Å². The third-order valence-electron chi connectivity index (χ3n) is 5.06. The van der Waals surface area contributed by atoms with Gasteiger partial charge in [-0.15, -0.1) is 0 Å². The number of ether oxygens (including phenoxy) is 3. The van der Waals surface area contributed by atoms with Gasteiger partial charge in [0.2, 0.25) is 0 Å². The van der Waals surface area contributed by atoms with Gasteiger partial charge < -0.3 is 24.0 Å². The first kappa shape index (κ1) is 17.5. The van der Waals surface area contributed by atoms with Crippen molar-refractivity contribution in [3.63, 3.8) is 0 Å². The highest BCUT2D eigenvalue weighted by Gasteiger charge is 2.54. The number of benzene rings is 1. The van der Waals surface area contributed by atoms with Gasteiger partial charge in [0.05, 0.1) is 32.1 Å². The van der Waals surface area contributed by atoms with Crippen molar-refractivity contribution in [1.29, 1.82) is 0 Å². The predicted octanol–water partition coefficient (Wildman–Crippen LogP) is 1.51. The molecule has 2 saturated heterocycles. The van der Waals surface area contributed by atoms with E-state index in [2.05, 4.69) is 0 Å². The van der Waals surface area contributed by atoms with Crippen molar-refractivity contribution in [2.45, 2.75) is 25.6 Å². The van der Waals surface area contributed by atoms with Crippen LogP contribution in [0.15, 0.2) is 18.2 Å². The van der Waals surface area contributed by atoms with Gasteiger partial charge in [-0.05, 0) is 31.0 Å². The number of anilines is 1. The minimum absolute atomic E-state index is 0.0524. The second-order valence-corrected chi connectivity index (χ2v) is 6.76. The SMILES string of the molecule is CCCN1C(=O)C2(OCCCO2)c2cc(C(=O)N3CCOCC3)ccc21. The third kappa shape index (κ3) is 2.71. The van der Waals surface area contributed by atoms with E-state index in [9.17, 15) is 9.59 Å². The summed E-state index contributed by atoms with van der Waals surface area (Å²) in [6.45, 7) is 5.81. The molecule has 0 aliphatic carbocycles. The zero-order valence-electron chi connectivity index (χ0n) is 15.0. The molecule has 0 saturated carbocycles. The number of carbonyl (C=O) groups is 2. The topological polar surface area (TPSA) is 68.3 Å². The Morgan fingerprint density at radius 3 is 2.58 bits per heavy atom. The molecule has 3 heterocycles. The molecule has 26 heavy (non-hydrogen) atoms. The summed E-state index contributed by atoms with van der Waals surface area (Å²) in [6.07, 6.45) is 1.58. The fourth-order valence-electron chi connectivity index (χ4n) is 3.78. The van der Waals surface area contributed by atoms with Crippen LogP contribution in [-0.2, 0) is 24.8 Å². The van der Waals surface area contributed by atoms with E-state index in [0.717, 1.165) is 18.5 Å². The molecular formula is C19H24N2O5. The maximum absolute atomic E-state index is 13.1. The second kappa shape index (κ2) is 6.98. The molecule has 4 rings (SSSR count). The average Bonchev–Trinajstić information content (AvgIpc) is 2.91. The summed E-state index contributed by atoms with van der Waals surface area (Å²) in [6, 6.07) is 5.40. The summed E-state index contributed by atoms with van der Waals surface area (Å²) in [5, 5.41) is 0. The molecule has 0 bridgehead atoms. The van der Waals surface area contributed by atoms with Crippen LogP contribution in [0.3, 0.4) is 0 Å². The van der Waals surface area contributed by atoms with E-state index >= 15 is 0 Å². The van der Waals surface area contributed by atoms with Crippen LogP contribution in [0.1, 0.15) is 35.7 Å². The van der Waals surface area contributed by atoms with Gasteiger partial charge in [0, 0.05) is 30.8 Å². The Kier molecular flexibility index (Phi) is 4.69. The lowest BCUT2D eigenvalue weighted by molar-refractivity contribution is -0.256. The van der Waals surface area contributed by atoms with Crippen molar-refractivity contribution >= 4 is 17.5 Å². The molecule has 1 aromatic carbocycles. The van der Waals surface area contributed by atoms with Crippen molar-refractivity contribution in [3.05, 3.63) is 29.3 Å². The zero-order valence-corrected chi connectivity index (χ0v) is 15.0. The smallest absolute Gasteiger partial charge is 0.292 e. The molecule has 7 heteroatoms. The summed E-state index contributed by atoms with van der Waals surface area (Å²) < 4.78 is 17.0. The predicted molar refractivity (Wildman–Crippen MR) is 94.0 cm³/mol. The van der Waals surface area contributed by atoms with Crippen LogP contribution >= 0.6 is 0 Å². The number of nitrogens with zero attached hydrogens (tertiary/aromatic N) is 2. The van der Waals surface area contributed by atoms with Crippen LogP contribution in [0.5, 0.6) is 0 Å². The number of morpholine rings is 1. The Morgan fingerprint density at radius 2 is 1.88 bits per heavy atom. The van der Waals surface area contributed by atoms with Crippen molar-refractivity contribution in [2.24, 2.45) is 0 Å². The van der Waals surface area contributed by atoms with E-state index in [1.54, 1.807) is 21.9 Å². The Hall–Kier alpha value is -1.96. The number of carbonyl (C=O) groups excluding carboxylic acids is 2. The van der Waals surface area contributed by atoms with Gasteiger partial charge in [-0.3, -0.25) is 9.59 Å². The Labute approximate surface area is 152 Å². The third-order valence-corrected chi connectivity index (χ3v) is 5.06. The van der Waals surface area contributed by atoms with Gasteiger partial charge >= 0.3 is 0 Å². The maximum Gasteiger partial charge on any atom is 0.292 e. The van der Waals surface area contributed by atoms with Crippen LogP contribution < -0.4 is 4.90 Å². The van der Waals surface area contributed by atoms with Crippen LogP contribution in [0.4, 0.5) is 5.69 Å². The molecule has 1 aromatic rings. The summed E-state index contributed by atoms with van der Waals surface area (Å²) in [5.74, 6) is -1.64. The minimum Gasteiger partial charge on any atom is -0.378 e. The fraction of sp³-hybridized carbons (Fsp3) is 0.579. The lowest BCUT2D eigenvalue weighted by atomic mass is 10.0. The summed E-state index contributed by atoms with van der Waals surface area (Å²) in [7, 11) is 0. The molecule has 0 radical (unpaired) electrons. The van der Waals surface area contributed by atoms with Gasteiger partial charge in [0.1, 0.15) is 0 Å². The largest absolute Gasteiger partial charge is 0.378 e. The molecular weight excluding hydrogens is 336 g/mol. The van der Waals surface area contributed by atoms with Crippen LogP contribution in [0.2, 0.25) is 0 Å². The molecule has 7 nitrogen and oxygen atoms in total. The maximum atomic E-state index is 13.1. The minimum atomic E-state index is -1.40. The monoisotopic (exact) mass is 360 g/mol. The molecule has 140 valence electrons. The Balaban J connectivity index is 1.72. The molecule has 3 aliphatic heterocycles. The first-order valence-corrected chi connectivity index (χ1v) is 9.29. The Bertz CT molecular complexity index is 708. The second-order valence-electron chi connectivity index (χ2n) is 6.76. The first-order valence-electron chi connectivity index (χ1n) is 9.29. The fourth-order valence-corrected chi connectivity index (χ4v) is 3.78. The van der Waals surface area contributed by atoms with E-state index in [-0.39, 0.29) is 11.8 Å². The highest BCUT2D eigenvalue weighted by molar-refractivity contribution is 6.07. The molecule has 0 N–H and O–H groups in total. The number of hydrogen-bond acceptors (Lipinski definition) is 5. The first-order chi connectivity index (χ1) is 12.7. The summed E-state index contributed by atoms with van der Waals surface area (Å²) >= 11 is 0. The van der Waals surface area contributed by atoms with Crippen molar-refractivity contribution in [3.8, 4) is 0 Å². The van der Waals surface area contributed by atoms with E-state index in [4.69, 9.17) is 14.2 Å². The number of hydrogen-bond donors (Lipinski definition) is 0. The molecule has 0 atom stereocenters. The highest BCUT2D eigenvalue weighted by atomic mass is 16.7. The van der Waals surface area contributed by atoms with Gasteiger partial charge in [-0.2, -0.15) is 0 Å². The lowest BCUT2D eigenvalue weighted by Crippen LogP contribution is -2.47. The highest BCUT2D eigenvalue weighted by Crippen LogP contribution is 2.45. The van der Waals surface area contributed by atoms with E-state index < -0.39 is 5.79 Å². The van der Waals surface area contributed by atoms with E-state index in [1.165, 1.54) is 0 Å². The van der Waals surface area contributed by atoms with E-state index in [1.807, 2.05) is 13.0 Å². The molecule has 0 aromatic heterocycles. The zero-order chi connectivity index (χ0) is 18.1. The Morgan fingerprint density at radius 1 is 1.15 bits per heavy atom. The van der Waals surface area contributed by atoms with E-state index in [0.29, 0.717) is 57.2 Å². The average molecular weight is 360 g/mol. The number of amides is 2. The van der Waals surface area contributed by atoms with Crippen molar-refractivity contribution in [1.82, 2.24) is 4.90 Å². The summed E-state index contributed by atoms with van der Waals surface area (Å²) in [5.41, 5.74) is 1.97. The van der Waals surface area contributed by atoms with Crippen LogP contribution in [0, 0.1) is 0 Å². The van der Waals surface area contributed by atoms with Crippen LogP contribution in [-0.4, -0.2) is 62.8 Å². The lowest BCUT2D eigenvalue weighted by Gasteiger charge is -2.32. The van der Waals surface area contributed by atoms with Gasteiger partial charge in [0.15, 0.2) is 0 Å². The van der Waals surface area contributed by atoms with Crippen molar-refractivity contribution in [2.75, 3.05) is 51.0 Å². The quantitative estimate of drug-likeness (QED) is 0.817. The normalized spacial score (nSPS) is 22.0. The molecule has 0 unspecified atom stereocenters. The molecule has 2 amide bonds. The summed E-state index contributed by atoms with van der Waals surface area (Å²) in [4.78, 5) is 29.4. The number of fused-ring (bicyclic) bond motifs is 2. The number of rotatable bonds is 3. The van der Waals surface area contributed by atoms with Crippen molar-refractivity contribution < 1.29 is 23.8 Å². The molecule has 3 aliphatic rings. The standard InChI is InChI=1S/C19H24N2O5/c1-2-6-21-16-5-4-14(17(22)20-7-11-24-12-8-20)13-15(16)19(18(21)23)25-9-3-10-26-19/h4-5,13H,2-3,6-12H2,1H3. The molecule has 1 spiro atoms. The molecule has 2 fully saturated rings. The van der Waals surface area contributed by atoms with Gasteiger partial charge in [0.25, 0.3) is 17.6 Å². The van der Waals surface area contributed by atoms with Gasteiger partial charge in [-0.25, -0.2) is 0 Å². The van der Waals surface area contributed by atoms with Crippen LogP contribution in [0.25, 0.3) is 0 Å².